The van der Waals surface area contributed by atoms with Crippen LogP contribution in [0.1, 0.15) is 37.5 Å². The van der Waals surface area contributed by atoms with Crippen molar-refractivity contribution in [2.75, 3.05) is 6.61 Å². The van der Waals surface area contributed by atoms with E-state index >= 15 is 0 Å². The molecule has 0 radical (unpaired) electrons. The molecule has 0 fully saturated rings. The first-order valence-electron chi connectivity index (χ1n) is 6.77. The molecular formula is C16H19NO3S. The van der Waals surface area contributed by atoms with E-state index in [1.165, 1.54) is 18.3 Å². The van der Waals surface area contributed by atoms with Crippen molar-refractivity contribution < 1.29 is 14.3 Å². The van der Waals surface area contributed by atoms with Crippen LogP contribution in [0.5, 0.6) is 0 Å². The van der Waals surface area contributed by atoms with Gasteiger partial charge in [-0.2, -0.15) is 0 Å². The number of nitrogens with one attached hydrogen (secondary N) is 1. The van der Waals surface area contributed by atoms with E-state index in [4.69, 9.17) is 11.2 Å². The van der Waals surface area contributed by atoms with Gasteiger partial charge >= 0.3 is 5.97 Å². The highest BCUT2D eigenvalue weighted by molar-refractivity contribution is 7.10. The Morgan fingerprint density at radius 3 is 2.86 bits per heavy atom. The number of thiophene rings is 1. The lowest BCUT2D eigenvalue weighted by Crippen LogP contribution is -2.26. The summed E-state index contributed by atoms with van der Waals surface area (Å²) in [5.41, 5.74) is 0.161. The van der Waals surface area contributed by atoms with Crippen molar-refractivity contribution in [2.24, 2.45) is 0 Å². The zero-order valence-electron chi connectivity index (χ0n) is 12.1. The number of unbranched alkanes of at least 4 members (excludes halogenated alkanes) is 3. The fraction of sp³-hybridized carbons (Fsp3) is 0.375. The second kappa shape index (κ2) is 9.78. The number of terminal acetylenes is 1. The van der Waals surface area contributed by atoms with E-state index in [1.807, 2.05) is 17.5 Å². The van der Waals surface area contributed by atoms with E-state index in [-0.39, 0.29) is 11.6 Å². The molecule has 1 aromatic rings. The van der Waals surface area contributed by atoms with Crippen molar-refractivity contribution in [1.29, 1.82) is 0 Å². The van der Waals surface area contributed by atoms with Gasteiger partial charge in [-0.3, -0.25) is 4.79 Å². The van der Waals surface area contributed by atoms with Gasteiger partial charge in [0.05, 0.1) is 6.61 Å². The van der Waals surface area contributed by atoms with Crippen LogP contribution in [-0.4, -0.2) is 18.5 Å². The summed E-state index contributed by atoms with van der Waals surface area (Å²) in [6, 6.07) is 3.73. The van der Waals surface area contributed by atoms with E-state index in [0.717, 1.165) is 30.6 Å². The maximum Gasteiger partial charge on any atom is 0.354 e. The summed E-state index contributed by atoms with van der Waals surface area (Å²) < 4.78 is 5.17. The molecule has 0 saturated carbocycles. The molecule has 112 valence electrons. The molecule has 0 aliphatic carbocycles. The van der Waals surface area contributed by atoms with E-state index in [9.17, 15) is 9.59 Å². The number of rotatable bonds is 8. The molecule has 0 atom stereocenters. The van der Waals surface area contributed by atoms with Crippen LogP contribution in [0.15, 0.2) is 23.2 Å². The Morgan fingerprint density at radius 2 is 2.24 bits per heavy atom. The van der Waals surface area contributed by atoms with E-state index in [1.54, 1.807) is 6.08 Å². The SMILES string of the molecule is C#CCCCCCOC(=O)/C(=C\c1cccs1)NC(C)=O. The average Bonchev–Trinajstić information content (AvgIpc) is 2.94. The summed E-state index contributed by atoms with van der Waals surface area (Å²) in [7, 11) is 0. The van der Waals surface area contributed by atoms with E-state index in [0.29, 0.717) is 6.61 Å². The van der Waals surface area contributed by atoms with Crippen LogP contribution in [0.3, 0.4) is 0 Å². The average molecular weight is 305 g/mol. The Balaban J connectivity index is 2.49. The molecule has 1 N–H and O–H groups in total. The summed E-state index contributed by atoms with van der Waals surface area (Å²) in [5.74, 6) is 1.75. The van der Waals surface area contributed by atoms with Gasteiger partial charge in [-0.25, -0.2) is 4.79 Å². The maximum atomic E-state index is 12.0. The smallest absolute Gasteiger partial charge is 0.354 e. The number of esters is 1. The second-order valence-corrected chi connectivity index (χ2v) is 5.38. The minimum Gasteiger partial charge on any atom is -0.461 e. The number of amides is 1. The topological polar surface area (TPSA) is 55.4 Å². The van der Waals surface area contributed by atoms with Gasteiger partial charge in [0, 0.05) is 18.2 Å². The zero-order valence-corrected chi connectivity index (χ0v) is 12.9. The van der Waals surface area contributed by atoms with E-state index < -0.39 is 5.97 Å². The first kappa shape index (κ1) is 17.0. The number of hydrogen-bond acceptors (Lipinski definition) is 4. The fourth-order valence-electron chi connectivity index (χ4n) is 1.60. The van der Waals surface area contributed by atoms with Crippen molar-refractivity contribution in [1.82, 2.24) is 5.32 Å². The molecule has 0 saturated heterocycles. The largest absolute Gasteiger partial charge is 0.461 e. The molecule has 0 unspecified atom stereocenters. The van der Waals surface area contributed by atoms with Crippen LogP contribution in [0, 0.1) is 12.3 Å². The van der Waals surface area contributed by atoms with Crippen LogP contribution in [0.4, 0.5) is 0 Å². The lowest BCUT2D eigenvalue weighted by molar-refractivity contribution is -0.140. The predicted octanol–water partition coefficient (Wildman–Crippen LogP) is 2.96. The van der Waals surface area contributed by atoms with Crippen LogP contribution in [0.2, 0.25) is 0 Å². The lowest BCUT2D eigenvalue weighted by Gasteiger charge is -2.08. The molecule has 0 aliphatic heterocycles. The molecule has 0 bridgehead atoms. The van der Waals surface area contributed by atoms with Crippen LogP contribution in [-0.2, 0) is 14.3 Å². The molecule has 0 aromatic carbocycles. The molecule has 1 amide bonds. The Morgan fingerprint density at radius 1 is 1.43 bits per heavy atom. The summed E-state index contributed by atoms with van der Waals surface area (Å²) in [6.45, 7) is 1.68. The van der Waals surface area contributed by atoms with Crippen LogP contribution >= 0.6 is 11.3 Å². The van der Waals surface area contributed by atoms with Crippen molar-refractivity contribution in [3.05, 3.63) is 28.1 Å². The van der Waals surface area contributed by atoms with Crippen LogP contribution < -0.4 is 5.32 Å². The van der Waals surface area contributed by atoms with Crippen molar-refractivity contribution in [3.63, 3.8) is 0 Å². The molecular weight excluding hydrogens is 286 g/mol. The molecule has 1 rings (SSSR count). The second-order valence-electron chi connectivity index (χ2n) is 4.41. The molecule has 1 heterocycles. The maximum absolute atomic E-state index is 12.0. The zero-order chi connectivity index (χ0) is 15.5. The first-order chi connectivity index (χ1) is 10.1. The Hall–Kier alpha value is -2.06. The monoisotopic (exact) mass is 305 g/mol. The Labute approximate surface area is 129 Å². The van der Waals surface area contributed by atoms with Gasteiger partial charge in [0.2, 0.25) is 5.91 Å². The molecule has 4 nitrogen and oxygen atoms in total. The molecule has 5 heteroatoms. The lowest BCUT2D eigenvalue weighted by atomic mass is 10.2. The van der Waals surface area contributed by atoms with Crippen molar-refractivity contribution >= 4 is 29.3 Å². The summed E-state index contributed by atoms with van der Waals surface area (Å²) >= 11 is 1.48. The summed E-state index contributed by atoms with van der Waals surface area (Å²) in [5, 5.41) is 4.40. The molecule has 0 spiro atoms. The Bertz CT molecular complexity index is 526. The van der Waals surface area contributed by atoms with Gasteiger partial charge in [0.15, 0.2) is 0 Å². The third kappa shape index (κ3) is 7.33. The fourth-order valence-corrected chi connectivity index (χ4v) is 2.26. The highest BCUT2D eigenvalue weighted by Gasteiger charge is 2.12. The minimum absolute atomic E-state index is 0.161. The minimum atomic E-state index is -0.518. The first-order valence-corrected chi connectivity index (χ1v) is 7.65. The third-order valence-electron chi connectivity index (χ3n) is 2.56. The summed E-state index contributed by atoms with van der Waals surface area (Å²) in [6.07, 6.45) is 10.1. The van der Waals surface area contributed by atoms with Gasteiger partial charge in [0.1, 0.15) is 5.70 Å². The normalized spacial score (nSPS) is 10.8. The van der Waals surface area contributed by atoms with Gasteiger partial charge in [-0.15, -0.1) is 23.7 Å². The molecule has 0 aliphatic rings. The Kier molecular flexibility index (Phi) is 7.92. The highest BCUT2D eigenvalue weighted by Crippen LogP contribution is 2.13. The van der Waals surface area contributed by atoms with Crippen LogP contribution in [0.25, 0.3) is 6.08 Å². The molecule has 21 heavy (non-hydrogen) atoms. The van der Waals surface area contributed by atoms with Gasteiger partial charge in [0.25, 0.3) is 0 Å². The number of ether oxygens (including phenoxy) is 1. The predicted molar refractivity (Wildman–Crippen MR) is 84.4 cm³/mol. The van der Waals surface area contributed by atoms with E-state index in [2.05, 4.69) is 11.2 Å². The third-order valence-corrected chi connectivity index (χ3v) is 3.38. The summed E-state index contributed by atoms with van der Waals surface area (Å²) in [4.78, 5) is 24.0. The van der Waals surface area contributed by atoms with Gasteiger partial charge < -0.3 is 10.1 Å². The number of hydrogen-bond donors (Lipinski definition) is 1. The van der Waals surface area contributed by atoms with Gasteiger partial charge in [-0.05, 0) is 36.8 Å². The quantitative estimate of drug-likeness (QED) is 0.348. The number of carbonyl (C=O) groups is 2. The number of carbonyl (C=O) groups excluding carboxylic acids is 2. The highest BCUT2D eigenvalue weighted by atomic mass is 32.1. The van der Waals surface area contributed by atoms with Crippen molar-refractivity contribution in [2.45, 2.75) is 32.6 Å². The van der Waals surface area contributed by atoms with Gasteiger partial charge in [-0.1, -0.05) is 6.07 Å². The standard InChI is InChI=1S/C16H19NO3S/c1-3-4-5-6-7-10-20-16(19)15(17-13(2)18)12-14-9-8-11-21-14/h1,8-9,11-12H,4-7,10H2,2H3,(H,17,18)/b15-12+. The van der Waals surface area contributed by atoms with Crippen molar-refractivity contribution in [3.8, 4) is 12.3 Å². The molecule has 1 aromatic heterocycles.